The average Bonchev–Trinajstić information content (AvgIpc) is 2.89. The fourth-order valence-corrected chi connectivity index (χ4v) is 6.53. The van der Waals surface area contributed by atoms with Crippen LogP contribution in [0.25, 0.3) is 22.0 Å². The predicted octanol–water partition coefficient (Wildman–Crippen LogP) is 7.80. The first kappa shape index (κ1) is 26.2. The van der Waals surface area contributed by atoms with Crippen LogP contribution in [0.5, 0.6) is 0 Å². The topological polar surface area (TPSA) is 32.3 Å². The second-order valence-electron chi connectivity index (χ2n) is 8.53. The average molecular weight is 663 g/mol. The molecule has 1 aliphatic heterocycles. The van der Waals surface area contributed by atoms with E-state index >= 15 is 0 Å². The van der Waals surface area contributed by atoms with E-state index in [9.17, 15) is 22.0 Å². The lowest BCUT2D eigenvalue weighted by atomic mass is 10.0. The van der Waals surface area contributed by atoms with Crippen LogP contribution in [-0.4, -0.2) is 35.6 Å². The van der Waals surface area contributed by atoms with Crippen molar-refractivity contribution in [1.29, 1.82) is 0 Å². The van der Waals surface area contributed by atoms with E-state index in [2.05, 4.69) is 9.97 Å². The van der Waals surface area contributed by atoms with Gasteiger partial charge in [0.2, 0.25) is 0 Å². The monoisotopic (exact) mass is 662 g/mol. The van der Waals surface area contributed by atoms with Gasteiger partial charge in [0, 0.05) is 68.4 Å². The molecule has 37 heavy (non-hydrogen) atoms. The molecule has 1 aromatic heterocycles. The Morgan fingerprint density at radius 2 is 1.68 bits per heavy atom. The third kappa shape index (κ3) is 4.59. The SMILES string of the molecule is C[C@H]1CN(c2c(F)c(F)c(F)c(F)c2SI)CCN1c1ncnc2cc(-c3ccccc3F)c(Cl)cc12. The highest BCUT2D eigenvalue weighted by molar-refractivity contribution is 14.2. The molecule has 5 rings (SSSR count). The standard InChI is InChI=1S/C25H17ClF5IN4S/c1-12-10-35(23-21(30)19(28)20(29)22(31)24(23)37-32)6-7-36(12)25-15-8-16(26)14(9-18(15)33-11-34-25)13-4-2-3-5-17(13)27/h2-5,8-9,11-12H,6-7,10H2,1H3/t12-/m0/s1. The van der Waals surface area contributed by atoms with E-state index in [0.717, 1.165) is 8.93 Å². The van der Waals surface area contributed by atoms with E-state index in [0.29, 0.717) is 39.4 Å². The van der Waals surface area contributed by atoms with Crippen LogP contribution in [0, 0.1) is 29.1 Å². The van der Waals surface area contributed by atoms with Crippen molar-refractivity contribution in [1.82, 2.24) is 9.97 Å². The van der Waals surface area contributed by atoms with Crippen LogP contribution in [0.2, 0.25) is 5.02 Å². The molecule has 0 saturated carbocycles. The molecule has 2 heterocycles. The largest absolute Gasteiger partial charge is 0.364 e. The van der Waals surface area contributed by atoms with Gasteiger partial charge in [-0.25, -0.2) is 31.9 Å². The summed E-state index contributed by atoms with van der Waals surface area (Å²) in [6.07, 6.45) is 1.39. The summed E-state index contributed by atoms with van der Waals surface area (Å²) in [5.41, 5.74) is 1.10. The summed E-state index contributed by atoms with van der Waals surface area (Å²) in [7, 11) is 0.786. The van der Waals surface area contributed by atoms with E-state index < -0.39 is 29.1 Å². The molecule has 1 atom stereocenters. The maximum absolute atomic E-state index is 14.8. The van der Waals surface area contributed by atoms with Gasteiger partial charge in [-0.05, 0) is 34.1 Å². The molecule has 12 heteroatoms. The molecule has 1 fully saturated rings. The Kier molecular flexibility index (Phi) is 7.38. The molecule has 1 saturated heterocycles. The predicted molar refractivity (Wildman–Crippen MR) is 145 cm³/mol. The first-order chi connectivity index (χ1) is 17.7. The number of piperazine rings is 1. The fourth-order valence-electron chi connectivity index (χ4n) is 4.61. The summed E-state index contributed by atoms with van der Waals surface area (Å²) >= 11 is 8.27. The number of nitrogens with zero attached hydrogens (tertiary/aromatic N) is 4. The Morgan fingerprint density at radius 3 is 2.38 bits per heavy atom. The zero-order chi connectivity index (χ0) is 26.4. The lowest BCUT2D eigenvalue weighted by Crippen LogP contribution is -2.53. The van der Waals surface area contributed by atoms with Crippen molar-refractivity contribution >= 4 is 64.1 Å². The van der Waals surface area contributed by atoms with Gasteiger partial charge in [-0.1, -0.05) is 29.8 Å². The highest BCUT2D eigenvalue weighted by Gasteiger charge is 2.33. The minimum absolute atomic E-state index is 0.193. The van der Waals surface area contributed by atoms with Crippen molar-refractivity contribution in [2.45, 2.75) is 17.9 Å². The first-order valence-corrected chi connectivity index (χ1v) is 14.8. The van der Waals surface area contributed by atoms with E-state index in [-0.39, 0.29) is 29.7 Å². The highest BCUT2D eigenvalue weighted by atomic mass is 127. The summed E-state index contributed by atoms with van der Waals surface area (Å²) in [5.74, 6) is -6.33. The number of anilines is 2. The smallest absolute Gasteiger partial charge is 0.199 e. The van der Waals surface area contributed by atoms with Gasteiger partial charge in [0.25, 0.3) is 0 Å². The van der Waals surface area contributed by atoms with Crippen molar-refractivity contribution in [2.24, 2.45) is 0 Å². The minimum Gasteiger partial charge on any atom is -0.364 e. The maximum Gasteiger partial charge on any atom is 0.199 e. The zero-order valence-electron chi connectivity index (χ0n) is 19.1. The van der Waals surface area contributed by atoms with Crippen LogP contribution in [0.3, 0.4) is 0 Å². The molecule has 4 nitrogen and oxygen atoms in total. The molecule has 192 valence electrons. The molecule has 1 aliphatic rings. The van der Waals surface area contributed by atoms with Gasteiger partial charge >= 0.3 is 0 Å². The molecule has 0 aliphatic carbocycles. The van der Waals surface area contributed by atoms with Gasteiger partial charge in [-0.2, -0.15) is 0 Å². The fraction of sp³-hybridized carbons (Fsp3) is 0.200. The number of fused-ring (bicyclic) bond motifs is 1. The molecule has 3 aromatic carbocycles. The van der Waals surface area contributed by atoms with Crippen molar-refractivity contribution in [3.63, 3.8) is 0 Å². The van der Waals surface area contributed by atoms with E-state index in [1.807, 2.05) is 11.8 Å². The molecule has 0 unspecified atom stereocenters. The van der Waals surface area contributed by atoms with Crippen LogP contribution in [-0.2, 0) is 0 Å². The number of rotatable bonds is 4. The van der Waals surface area contributed by atoms with Gasteiger partial charge in [-0.3, -0.25) is 0 Å². The number of halogens is 7. The molecular formula is C25H17ClF5IN4S. The lowest BCUT2D eigenvalue weighted by molar-refractivity contribution is 0.396. The Morgan fingerprint density at radius 1 is 0.946 bits per heavy atom. The van der Waals surface area contributed by atoms with E-state index in [4.69, 9.17) is 11.6 Å². The third-order valence-corrected chi connectivity index (χ3v) is 8.52. The van der Waals surface area contributed by atoms with Gasteiger partial charge in [0.05, 0.1) is 16.1 Å². The van der Waals surface area contributed by atoms with Crippen LogP contribution in [0.1, 0.15) is 6.92 Å². The lowest BCUT2D eigenvalue weighted by Gasteiger charge is -2.42. The molecule has 0 radical (unpaired) electrons. The molecule has 0 N–H and O–H groups in total. The quantitative estimate of drug-likeness (QED) is 0.0964. The van der Waals surface area contributed by atoms with Crippen LogP contribution >= 0.6 is 41.7 Å². The second kappa shape index (κ2) is 10.4. The third-order valence-electron chi connectivity index (χ3n) is 6.36. The normalized spacial score (nSPS) is 16.1. The summed E-state index contributed by atoms with van der Waals surface area (Å²) in [6, 6.07) is 9.40. The Labute approximate surface area is 230 Å². The van der Waals surface area contributed by atoms with Crippen LogP contribution in [0.4, 0.5) is 33.5 Å². The summed E-state index contributed by atoms with van der Waals surface area (Å²) in [4.78, 5) is 12.0. The highest BCUT2D eigenvalue weighted by Crippen LogP contribution is 2.42. The maximum atomic E-state index is 14.8. The molecule has 0 amide bonds. The van der Waals surface area contributed by atoms with Gasteiger partial charge in [-0.15, -0.1) is 0 Å². The zero-order valence-corrected chi connectivity index (χ0v) is 22.8. The molecule has 4 aromatic rings. The van der Waals surface area contributed by atoms with Gasteiger partial charge < -0.3 is 9.80 Å². The number of aromatic nitrogens is 2. The minimum atomic E-state index is -1.83. The van der Waals surface area contributed by atoms with Gasteiger partial charge in [0.1, 0.15) is 18.0 Å². The number of hydrogen-bond donors (Lipinski definition) is 0. The molecule has 0 bridgehead atoms. The van der Waals surface area contributed by atoms with E-state index in [1.54, 1.807) is 51.5 Å². The van der Waals surface area contributed by atoms with Crippen molar-refractivity contribution in [3.8, 4) is 11.1 Å². The Balaban J connectivity index is 1.50. The number of hydrogen-bond acceptors (Lipinski definition) is 5. The van der Waals surface area contributed by atoms with E-state index in [1.165, 1.54) is 17.3 Å². The second-order valence-corrected chi connectivity index (χ2v) is 10.8. The Hall–Kier alpha value is -2.38. The van der Waals surface area contributed by atoms with Crippen molar-refractivity contribution in [2.75, 3.05) is 29.4 Å². The molecule has 0 spiro atoms. The summed E-state index contributed by atoms with van der Waals surface area (Å²) in [6.45, 7) is 2.58. The number of benzene rings is 3. The first-order valence-electron chi connectivity index (χ1n) is 11.1. The molecular weight excluding hydrogens is 646 g/mol. The van der Waals surface area contributed by atoms with Crippen LogP contribution < -0.4 is 9.80 Å². The van der Waals surface area contributed by atoms with Crippen molar-refractivity contribution < 1.29 is 22.0 Å². The van der Waals surface area contributed by atoms with Crippen LogP contribution in [0.15, 0.2) is 47.6 Å². The van der Waals surface area contributed by atoms with Crippen molar-refractivity contribution in [3.05, 3.63) is 76.8 Å². The Bertz CT molecular complexity index is 1520. The summed E-state index contributed by atoms with van der Waals surface area (Å²) in [5, 5.41) is 0.962. The summed E-state index contributed by atoms with van der Waals surface area (Å²) < 4.78 is 71.4. The van der Waals surface area contributed by atoms with Gasteiger partial charge in [0.15, 0.2) is 23.3 Å².